The molecule has 2 aromatic carbocycles. The number of pyridine rings is 1. The first-order valence-electron chi connectivity index (χ1n) is 9.16. The van der Waals surface area contributed by atoms with Crippen LogP contribution in [0.1, 0.15) is 16.8 Å². The van der Waals surface area contributed by atoms with Crippen LogP contribution in [0.5, 0.6) is 5.75 Å². The van der Waals surface area contributed by atoms with Crippen molar-refractivity contribution in [2.75, 3.05) is 5.32 Å². The molecule has 0 aliphatic carbocycles. The molecule has 0 radical (unpaired) electrons. The van der Waals surface area contributed by atoms with Crippen molar-refractivity contribution < 1.29 is 9.53 Å². The molecule has 2 aromatic heterocycles. The molecule has 0 bridgehead atoms. The van der Waals surface area contributed by atoms with Crippen molar-refractivity contribution in [3.05, 3.63) is 95.9 Å². The molecule has 5 heteroatoms. The molecule has 0 atom stereocenters. The van der Waals surface area contributed by atoms with Crippen molar-refractivity contribution in [3.63, 3.8) is 0 Å². The Kier molecular flexibility index (Phi) is 5.06. The van der Waals surface area contributed by atoms with Gasteiger partial charge in [0.05, 0.1) is 12.1 Å². The smallest absolute Gasteiger partial charge is 0.228 e. The summed E-state index contributed by atoms with van der Waals surface area (Å²) in [5.41, 5.74) is 4.62. The van der Waals surface area contributed by atoms with Crippen LogP contribution in [-0.4, -0.2) is 15.3 Å². The summed E-state index contributed by atoms with van der Waals surface area (Å²) in [6.07, 6.45) is 4.24. The zero-order chi connectivity index (χ0) is 19.3. The first-order valence-corrected chi connectivity index (χ1v) is 9.16. The van der Waals surface area contributed by atoms with Gasteiger partial charge in [-0.3, -0.25) is 4.79 Å². The summed E-state index contributed by atoms with van der Waals surface area (Å²) >= 11 is 0. The highest BCUT2D eigenvalue weighted by Gasteiger charge is 2.06. The van der Waals surface area contributed by atoms with Gasteiger partial charge in [-0.25, -0.2) is 4.98 Å². The lowest BCUT2D eigenvalue weighted by molar-refractivity contribution is -0.115. The third-order valence-corrected chi connectivity index (χ3v) is 4.40. The molecule has 5 nitrogen and oxygen atoms in total. The molecule has 28 heavy (non-hydrogen) atoms. The Morgan fingerprint density at radius 1 is 1.07 bits per heavy atom. The fraction of sp³-hybridized carbons (Fsp3) is 0.130. The number of nitrogens with one attached hydrogen (secondary N) is 1. The predicted octanol–water partition coefficient (Wildman–Crippen LogP) is 4.40. The number of aryl methyl sites for hydroxylation is 1. The fourth-order valence-electron chi connectivity index (χ4n) is 2.97. The van der Waals surface area contributed by atoms with Crippen LogP contribution in [0.25, 0.3) is 5.65 Å². The van der Waals surface area contributed by atoms with E-state index < -0.39 is 0 Å². The topological polar surface area (TPSA) is 55.6 Å². The van der Waals surface area contributed by atoms with Gasteiger partial charge in [-0.05, 0) is 36.8 Å². The van der Waals surface area contributed by atoms with E-state index in [0.29, 0.717) is 24.5 Å². The Balaban J connectivity index is 1.36. The van der Waals surface area contributed by atoms with Gasteiger partial charge in [-0.2, -0.15) is 0 Å². The Hall–Kier alpha value is -3.60. The summed E-state index contributed by atoms with van der Waals surface area (Å²) in [6.45, 7) is 2.39. The Bertz CT molecular complexity index is 1070. The minimum atomic E-state index is -0.0543. The second kappa shape index (κ2) is 7.96. The van der Waals surface area contributed by atoms with Crippen molar-refractivity contribution in [2.45, 2.75) is 20.0 Å². The third-order valence-electron chi connectivity index (χ3n) is 4.40. The van der Waals surface area contributed by atoms with Crippen LogP contribution >= 0.6 is 0 Å². The molecule has 0 spiro atoms. The zero-order valence-corrected chi connectivity index (χ0v) is 15.6. The van der Waals surface area contributed by atoms with Crippen LogP contribution in [0.2, 0.25) is 0 Å². The molecule has 0 aliphatic heterocycles. The van der Waals surface area contributed by atoms with Gasteiger partial charge in [0.15, 0.2) is 0 Å². The van der Waals surface area contributed by atoms with E-state index in [0.717, 1.165) is 16.9 Å². The van der Waals surface area contributed by atoms with E-state index in [1.165, 1.54) is 5.56 Å². The van der Waals surface area contributed by atoms with Gasteiger partial charge in [-0.1, -0.05) is 42.0 Å². The van der Waals surface area contributed by atoms with Crippen molar-refractivity contribution in [1.82, 2.24) is 9.38 Å². The lowest BCUT2D eigenvalue weighted by atomic mass is 10.1. The number of anilines is 1. The molecule has 0 saturated heterocycles. The van der Waals surface area contributed by atoms with E-state index in [2.05, 4.69) is 10.3 Å². The molecule has 140 valence electrons. The van der Waals surface area contributed by atoms with Gasteiger partial charge in [-0.15, -0.1) is 0 Å². The second-order valence-corrected chi connectivity index (χ2v) is 6.73. The number of ether oxygens (including phenoxy) is 1. The Morgan fingerprint density at radius 3 is 2.75 bits per heavy atom. The maximum absolute atomic E-state index is 12.3. The highest BCUT2D eigenvalue weighted by atomic mass is 16.5. The Morgan fingerprint density at radius 2 is 1.93 bits per heavy atom. The van der Waals surface area contributed by atoms with Gasteiger partial charge >= 0.3 is 0 Å². The lowest BCUT2D eigenvalue weighted by Gasteiger charge is -2.09. The molecular formula is C23H21N3O2. The summed E-state index contributed by atoms with van der Waals surface area (Å²) in [7, 11) is 0. The highest BCUT2D eigenvalue weighted by Crippen LogP contribution is 2.19. The van der Waals surface area contributed by atoms with Crippen LogP contribution in [0.4, 0.5) is 5.69 Å². The number of carbonyl (C=O) groups is 1. The van der Waals surface area contributed by atoms with E-state index in [1.807, 2.05) is 90.4 Å². The summed E-state index contributed by atoms with van der Waals surface area (Å²) in [5, 5.41) is 2.93. The zero-order valence-electron chi connectivity index (χ0n) is 15.6. The minimum Gasteiger partial charge on any atom is -0.487 e. The number of benzene rings is 2. The predicted molar refractivity (Wildman–Crippen MR) is 109 cm³/mol. The number of aromatic nitrogens is 2. The molecule has 0 fully saturated rings. The number of hydrogen-bond donors (Lipinski definition) is 1. The molecule has 0 unspecified atom stereocenters. The lowest BCUT2D eigenvalue weighted by Crippen LogP contribution is -2.14. The molecular weight excluding hydrogens is 350 g/mol. The van der Waals surface area contributed by atoms with E-state index >= 15 is 0 Å². The largest absolute Gasteiger partial charge is 0.487 e. The molecule has 4 rings (SSSR count). The molecule has 0 saturated carbocycles. The quantitative estimate of drug-likeness (QED) is 0.546. The first-order chi connectivity index (χ1) is 13.7. The highest BCUT2D eigenvalue weighted by molar-refractivity contribution is 5.92. The van der Waals surface area contributed by atoms with Gasteiger partial charge in [0.25, 0.3) is 0 Å². The number of fused-ring (bicyclic) bond motifs is 1. The maximum atomic E-state index is 12.3. The van der Waals surface area contributed by atoms with Crippen LogP contribution in [0.3, 0.4) is 0 Å². The summed E-state index contributed by atoms with van der Waals surface area (Å²) in [5.74, 6) is 0.631. The number of nitrogens with zero attached hydrogens (tertiary/aromatic N) is 2. The number of carbonyl (C=O) groups excluding carboxylic acids is 1. The van der Waals surface area contributed by atoms with E-state index in [1.54, 1.807) is 0 Å². The van der Waals surface area contributed by atoms with E-state index in [-0.39, 0.29) is 5.91 Å². The van der Waals surface area contributed by atoms with Crippen molar-refractivity contribution in [2.24, 2.45) is 0 Å². The number of rotatable bonds is 6. The Labute approximate surface area is 163 Å². The number of hydrogen-bond acceptors (Lipinski definition) is 3. The summed E-state index contributed by atoms with van der Waals surface area (Å²) in [6, 6.07) is 21.2. The van der Waals surface area contributed by atoms with Gasteiger partial charge in [0, 0.05) is 24.1 Å². The van der Waals surface area contributed by atoms with Crippen LogP contribution in [-0.2, 0) is 17.8 Å². The first kappa shape index (κ1) is 17.8. The average Bonchev–Trinajstić information content (AvgIpc) is 3.11. The van der Waals surface area contributed by atoms with Crippen molar-refractivity contribution in [1.29, 1.82) is 0 Å². The average molecular weight is 371 g/mol. The van der Waals surface area contributed by atoms with E-state index in [9.17, 15) is 4.79 Å². The molecule has 1 amide bonds. The summed E-state index contributed by atoms with van der Waals surface area (Å²) < 4.78 is 7.81. The molecule has 1 N–H and O–H groups in total. The normalized spacial score (nSPS) is 10.8. The standard InChI is InChI=1S/C23H21N3O2/c1-17-8-10-18(11-9-17)13-23(27)25-19-5-4-6-21(14-19)28-16-20-15-26-12-3-2-7-22(26)24-20/h2-12,14-15H,13,16H2,1H3,(H,25,27). The number of imidazole rings is 1. The van der Waals surface area contributed by atoms with Crippen molar-refractivity contribution in [3.8, 4) is 5.75 Å². The minimum absolute atomic E-state index is 0.0543. The monoisotopic (exact) mass is 371 g/mol. The van der Waals surface area contributed by atoms with E-state index in [4.69, 9.17) is 4.74 Å². The van der Waals surface area contributed by atoms with Crippen LogP contribution in [0.15, 0.2) is 79.1 Å². The van der Waals surface area contributed by atoms with Gasteiger partial charge < -0.3 is 14.5 Å². The van der Waals surface area contributed by atoms with Crippen LogP contribution < -0.4 is 10.1 Å². The molecule has 2 heterocycles. The maximum Gasteiger partial charge on any atom is 0.228 e. The number of amides is 1. The SMILES string of the molecule is Cc1ccc(CC(=O)Nc2cccc(OCc3cn4ccccc4n3)c2)cc1. The van der Waals surface area contributed by atoms with Gasteiger partial charge in [0.2, 0.25) is 5.91 Å². The van der Waals surface area contributed by atoms with Gasteiger partial charge in [0.1, 0.15) is 18.0 Å². The fourth-order valence-corrected chi connectivity index (χ4v) is 2.97. The van der Waals surface area contributed by atoms with Crippen molar-refractivity contribution >= 4 is 17.2 Å². The second-order valence-electron chi connectivity index (χ2n) is 6.73. The van der Waals surface area contributed by atoms with Crippen LogP contribution in [0, 0.1) is 6.92 Å². The molecule has 0 aliphatic rings. The third kappa shape index (κ3) is 4.38. The molecule has 4 aromatic rings. The summed E-state index contributed by atoms with van der Waals surface area (Å²) in [4.78, 5) is 16.8.